The Morgan fingerprint density at radius 1 is 1.24 bits per heavy atom. The average Bonchev–Trinajstić information content (AvgIpc) is 2.54. The fourth-order valence-electron chi connectivity index (χ4n) is 2.08. The molecule has 0 bridgehead atoms. The minimum Gasteiger partial charge on any atom is -0.364 e. The third kappa shape index (κ3) is 3.14. The number of aromatic nitrogens is 1. The van der Waals surface area contributed by atoms with Gasteiger partial charge in [0.1, 0.15) is 5.82 Å². The van der Waals surface area contributed by atoms with Crippen LogP contribution in [0.15, 0.2) is 53.1 Å². The Hall–Kier alpha value is -1.72. The van der Waals surface area contributed by atoms with Crippen LogP contribution >= 0.6 is 15.9 Å². The number of halogens is 1. The number of pyridine rings is 1. The smallest absolute Gasteiger partial charge is 0.264 e. The van der Waals surface area contributed by atoms with E-state index >= 15 is 0 Å². The highest BCUT2D eigenvalue weighted by Gasteiger charge is 2.38. The van der Waals surface area contributed by atoms with Crippen LogP contribution in [0.1, 0.15) is 12.5 Å². The van der Waals surface area contributed by atoms with E-state index in [1.807, 2.05) is 36.4 Å². The van der Waals surface area contributed by atoms with Crippen molar-refractivity contribution >= 4 is 27.7 Å². The fourth-order valence-corrected chi connectivity index (χ4v) is 2.31. The Bertz CT molecular complexity index is 616. The van der Waals surface area contributed by atoms with Crippen molar-refractivity contribution in [1.29, 1.82) is 0 Å². The number of rotatable bonds is 4. The second-order valence-corrected chi connectivity index (χ2v) is 5.72. The number of carbonyl (C=O) groups excluding carboxylic acids is 1. The van der Waals surface area contributed by atoms with E-state index in [2.05, 4.69) is 20.9 Å². The Balaban J connectivity index is 2.34. The van der Waals surface area contributed by atoms with Crippen LogP contribution in [0.2, 0.25) is 0 Å². The number of carbonyl (C=O) groups is 1. The number of hydrogen-bond acceptors (Lipinski definition) is 3. The number of amides is 1. The number of anilines is 1. The monoisotopic (exact) mass is 348 g/mol. The summed E-state index contributed by atoms with van der Waals surface area (Å²) in [5.41, 5.74) is -0.244. The van der Waals surface area contributed by atoms with E-state index in [4.69, 9.17) is 4.74 Å². The Kier molecular flexibility index (Phi) is 4.75. The maximum absolute atomic E-state index is 12.8. The summed E-state index contributed by atoms with van der Waals surface area (Å²) < 4.78 is 6.39. The van der Waals surface area contributed by atoms with Gasteiger partial charge >= 0.3 is 0 Å². The summed E-state index contributed by atoms with van der Waals surface area (Å²) in [5.74, 6) is 0.397. The summed E-state index contributed by atoms with van der Waals surface area (Å²) in [7, 11) is 3.23. The van der Waals surface area contributed by atoms with Gasteiger partial charge in [-0.15, -0.1) is 0 Å². The van der Waals surface area contributed by atoms with Gasteiger partial charge in [-0.3, -0.25) is 9.69 Å². The maximum Gasteiger partial charge on any atom is 0.264 e. The number of hydrogen-bond donors (Lipinski definition) is 0. The molecule has 0 N–H and O–H groups in total. The molecule has 21 heavy (non-hydrogen) atoms. The van der Waals surface area contributed by atoms with E-state index in [0.29, 0.717) is 5.82 Å². The Morgan fingerprint density at radius 3 is 2.43 bits per heavy atom. The SMILES string of the molecule is COC(C)(C(=O)N(C)c1ccc(Br)cn1)c1ccccc1. The summed E-state index contributed by atoms with van der Waals surface area (Å²) in [6.45, 7) is 1.76. The largest absolute Gasteiger partial charge is 0.364 e. The Morgan fingerprint density at radius 2 is 1.90 bits per heavy atom. The zero-order chi connectivity index (χ0) is 15.5. The van der Waals surface area contributed by atoms with Crippen LogP contribution in [-0.2, 0) is 15.1 Å². The molecular formula is C16H17BrN2O2. The van der Waals surface area contributed by atoms with Gasteiger partial charge in [0.25, 0.3) is 5.91 Å². The van der Waals surface area contributed by atoms with Gasteiger partial charge in [-0.2, -0.15) is 0 Å². The van der Waals surface area contributed by atoms with Crippen molar-refractivity contribution in [1.82, 2.24) is 4.98 Å². The molecule has 4 nitrogen and oxygen atoms in total. The first-order valence-electron chi connectivity index (χ1n) is 6.49. The third-order valence-corrected chi connectivity index (χ3v) is 3.97. The van der Waals surface area contributed by atoms with E-state index in [1.165, 1.54) is 12.0 Å². The lowest BCUT2D eigenvalue weighted by molar-refractivity contribution is -0.139. The predicted octanol–water partition coefficient (Wildman–Crippen LogP) is 3.37. The number of ether oxygens (including phenoxy) is 1. The lowest BCUT2D eigenvalue weighted by atomic mass is 9.94. The zero-order valence-electron chi connectivity index (χ0n) is 12.2. The van der Waals surface area contributed by atoms with Crippen LogP contribution < -0.4 is 4.90 Å². The van der Waals surface area contributed by atoms with Crippen LogP contribution in [0.3, 0.4) is 0 Å². The number of nitrogens with zero attached hydrogens (tertiary/aromatic N) is 2. The van der Waals surface area contributed by atoms with Crippen LogP contribution in [-0.4, -0.2) is 25.0 Å². The lowest BCUT2D eigenvalue weighted by Crippen LogP contribution is -2.45. The molecule has 1 amide bonds. The minimum absolute atomic E-state index is 0.175. The highest BCUT2D eigenvalue weighted by molar-refractivity contribution is 9.10. The summed E-state index contributed by atoms with van der Waals surface area (Å²) in [6.07, 6.45) is 1.66. The molecule has 2 rings (SSSR count). The molecule has 110 valence electrons. The molecular weight excluding hydrogens is 332 g/mol. The van der Waals surface area contributed by atoms with Crippen molar-refractivity contribution in [3.8, 4) is 0 Å². The van der Waals surface area contributed by atoms with Gasteiger partial charge in [0.05, 0.1) is 0 Å². The van der Waals surface area contributed by atoms with E-state index in [0.717, 1.165) is 10.0 Å². The maximum atomic E-state index is 12.8. The highest BCUT2D eigenvalue weighted by atomic mass is 79.9. The number of methoxy groups -OCH3 is 1. The summed E-state index contributed by atoms with van der Waals surface area (Å²) in [6, 6.07) is 13.1. The molecule has 0 aliphatic rings. The van der Waals surface area contributed by atoms with Gasteiger partial charge in [-0.05, 0) is 40.5 Å². The molecule has 0 saturated heterocycles. The Labute approximate surface area is 132 Å². The first-order chi connectivity index (χ1) is 9.99. The summed E-state index contributed by atoms with van der Waals surface area (Å²) >= 11 is 3.33. The van der Waals surface area contributed by atoms with Crippen LogP contribution in [0, 0.1) is 0 Å². The molecule has 1 aromatic heterocycles. The van der Waals surface area contributed by atoms with Crippen molar-refractivity contribution < 1.29 is 9.53 Å². The van der Waals surface area contributed by atoms with Crippen molar-refractivity contribution in [3.05, 3.63) is 58.7 Å². The van der Waals surface area contributed by atoms with Crippen molar-refractivity contribution in [3.63, 3.8) is 0 Å². The first-order valence-corrected chi connectivity index (χ1v) is 7.28. The van der Waals surface area contributed by atoms with Gasteiger partial charge in [-0.25, -0.2) is 4.98 Å². The molecule has 1 atom stereocenters. The second-order valence-electron chi connectivity index (χ2n) is 4.80. The lowest BCUT2D eigenvalue weighted by Gasteiger charge is -2.31. The van der Waals surface area contributed by atoms with Gasteiger partial charge in [0.15, 0.2) is 5.60 Å². The van der Waals surface area contributed by atoms with E-state index in [9.17, 15) is 4.79 Å². The van der Waals surface area contributed by atoms with Crippen LogP contribution in [0.4, 0.5) is 5.82 Å². The molecule has 1 aromatic carbocycles. The molecule has 0 aliphatic heterocycles. The van der Waals surface area contributed by atoms with Crippen LogP contribution in [0.25, 0.3) is 0 Å². The fraction of sp³-hybridized carbons (Fsp3) is 0.250. The first kappa shape index (κ1) is 15.7. The summed E-state index contributed by atoms with van der Waals surface area (Å²) in [5, 5.41) is 0. The molecule has 0 radical (unpaired) electrons. The standard InChI is InChI=1S/C16H17BrN2O2/c1-16(21-3,12-7-5-4-6-8-12)15(20)19(2)14-10-9-13(17)11-18-14/h4-11H,1-3H3. The average molecular weight is 349 g/mol. The second kappa shape index (κ2) is 6.37. The number of likely N-dealkylation sites (N-methyl/N-ethyl adjacent to an activating group) is 1. The van der Waals surface area contributed by atoms with Crippen molar-refractivity contribution in [2.45, 2.75) is 12.5 Å². The van der Waals surface area contributed by atoms with Gasteiger partial charge in [0, 0.05) is 24.8 Å². The van der Waals surface area contributed by atoms with Gasteiger partial charge < -0.3 is 4.74 Å². The molecule has 0 saturated carbocycles. The topological polar surface area (TPSA) is 42.4 Å². The quantitative estimate of drug-likeness (QED) is 0.850. The van der Waals surface area contributed by atoms with E-state index in [-0.39, 0.29) is 5.91 Å². The van der Waals surface area contributed by atoms with E-state index < -0.39 is 5.60 Å². The normalized spacial score (nSPS) is 13.5. The molecule has 2 aromatic rings. The van der Waals surface area contributed by atoms with Crippen LogP contribution in [0.5, 0.6) is 0 Å². The van der Waals surface area contributed by atoms with Crippen molar-refractivity contribution in [2.24, 2.45) is 0 Å². The summed E-state index contributed by atoms with van der Waals surface area (Å²) in [4.78, 5) is 18.6. The van der Waals surface area contributed by atoms with Crippen molar-refractivity contribution in [2.75, 3.05) is 19.1 Å². The molecule has 1 unspecified atom stereocenters. The van der Waals surface area contributed by atoms with Gasteiger partial charge in [0.2, 0.25) is 0 Å². The zero-order valence-corrected chi connectivity index (χ0v) is 13.8. The van der Waals surface area contributed by atoms with Gasteiger partial charge in [-0.1, -0.05) is 30.3 Å². The number of benzene rings is 1. The predicted molar refractivity (Wildman–Crippen MR) is 86.2 cm³/mol. The molecule has 1 heterocycles. The highest BCUT2D eigenvalue weighted by Crippen LogP contribution is 2.28. The molecule has 0 spiro atoms. The van der Waals surface area contributed by atoms with E-state index in [1.54, 1.807) is 26.2 Å². The third-order valence-electron chi connectivity index (χ3n) is 3.50. The molecule has 5 heteroatoms. The molecule has 0 fully saturated rings. The minimum atomic E-state index is -1.05. The molecule has 0 aliphatic carbocycles.